The van der Waals surface area contributed by atoms with Crippen molar-refractivity contribution >= 4 is 15.8 Å². The molecule has 0 aromatic rings. The van der Waals surface area contributed by atoms with Gasteiger partial charge in [0.15, 0.2) is 0 Å². The Morgan fingerprint density at radius 2 is 1.67 bits per heavy atom. The van der Waals surface area contributed by atoms with Crippen LogP contribution in [0.3, 0.4) is 0 Å². The number of ketones is 1. The van der Waals surface area contributed by atoms with E-state index in [4.69, 9.17) is 0 Å². The Morgan fingerprint density at radius 3 is 1.93 bits per heavy atom. The summed E-state index contributed by atoms with van der Waals surface area (Å²) in [4.78, 5) is 11.3. The first kappa shape index (κ1) is 14.6. The molecule has 90 valence electrons. The molecule has 15 heavy (non-hydrogen) atoms. The predicted molar refractivity (Wildman–Crippen MR) is 61.1 cm³/mol. The molecule has 0 bridgehead atoms. The van der Waals surface area contributed by atoms with Crippen molar-refractivity contribution in [3.8, 4) is 0 Å². The molecule has 0 aromatic heterocycles. The summed E-state index contributed by atoms with van der Waals surface area (Å²) in [6, 6.07) is -0.586. The molecule has 0 rings (SSSR count). The van der Waals surface area contributed by atoms with Crippen molar-refractivity contribution in [1.82, 2.24) is 4.72 Å². The smallest absolute Gasteiger partial charge is 0.214 e. The second kappa shape index (κ2) is 5.61. The number of hydrogen-bond donors (Lipinski definition) is 1. The molecular weight excluding hydrogens is 214 g/mol. The molecule has 0 heterocycles. The summed E-state index contributed by atoms with van der Waals surface area (Å²) in [5, 5.41) is -0.508. The zero-order valence-electron chi connectivity index (χ0n) is 10.1. The summed E-state index contributed by atoms with van der Waals surface area (Å²) in [6.45, 7) is 8.51. The monoisotopic (exact) mass is 235 g/mol. The van der Waals surface area contributed by atoms with E-state index in [9.17, 15) is 13.2 Å². The van der Waals surface area contributed by atoms with E-state index in [1.165, 1.54) is 6.92 Å². The van der Waals surface area contributed by atoms with Crippen LogP contribution in [0.1, 0.15) is 41.0 Å². The van der Waals surface area contributed by atoms with Gasteiger partial charge < -0.3 is 0 Å². The van der Waals surface area contributed by atoms with Gasteiger partial charge in [-0.1, -0.05) is 13.8 Å². The van der Waals surface area contributed by atoms with Crippen LogP contribution in [-0.2, 0) is 14.8 Å². The van der Waals surface area contributed by atoms with E-state index in [-0.39, 0.29) is 11.7 Å². The molecule has 1 N–H and O–H groups in total. The maximum absolute atomic E-state index is 11.6. The van der Waals surface area contributed by atoms with E-state index in [2.05, 4.69) is 4.72 Å². The molecule has 0 amide bonds. The lowest BCUT2D eigenvalue weighted by molar-refractivity contribution is -0.118. The van der Waals surface area contributed by atoms with Crippen LogP contribution < -0.4 is 4.72 Å². The van der Waals surface area contributed by atoms with Crippen molar-refractivity contribution in [1.29, 1.82) is 0 Å². The van der Waals surface area contributed by atoms with Gasteiger partial charge in [0.2, 0.25) is 10.0 Å². The van der Waals surface area contributed by atoms with Crippen LogP contribution in [0.25, 0.3) is 0 Å². The molecule has 1 atom stereocenters. The lowest BCUT2D eigenvalue weighted by atomic mass is 10.0. The molecule has 0 aliphatic heterocycles. The van der Waals surface area contributed by atoms with Crippen molar-refractivity contribution in [2.45, 2.75) is 52.3 Å². The average Bonchev–Trinajstić information content (AvgIpc) is 2.01. The SMILES string of the molecule is CC(=O)C(CC(C)C)NS(=O)(=O)C(C)C. The minimum atomic E-state index is -3.36. The van der Waals surface area contributed by atoms with Crippen molar-refractivity contribution in [2.24, 2.45) is 5.92 Å². The van der Waals surface area contributed by atoms with Gasteiger partial charge in [0.05, 0.1) is 11.3 Å². The van der Waals surface area contributed by atoms with Gasteiger partial charge in [-0.05, 0) is 33.1 Å². The molecule has 4 nitrogen and oxygen atoms in total. The van der Waals surface area contributed by atoms with Crippen molar-refractivity contribution in [3.63, 3.8) is 0 Å². The summed E-state index contributed by atoms with van der Waals surface area (Å²) < 4.78 is 25.6. The summed E-state index contributed by atoms with van der Waals surface area (Å²) >= 11 is 0. The Hall–Kier alpha value is -0.420. The highest BCUT2D eigenvalue weighted by Crippen LogP contribution is 2.08. The standard InChI is InChI=1S/C10H21NO3S/c1-7(2)6-10(9(5)12)11-15(13,14)8(3)4/h7-8,10-11H,6H2,1-5H3. The summed E-state index contributed by atoms with van der Waals surface area (Å²) in [7, 11) is -3.36. The first-order chi connectivity index (χ1) is 6.66. The van der Waals surface area contributed by atoms with Crippen LogP contribution in [0.2, 0.25) is 0 Å². The lowest BCUT2D eigenvalue weighted by Gasteiger charge is -2.19. The Morgan fingerprint density at radius 1 is 1.20 bits per heavy atom. The minimum Gasteiger partial charge on any atom is -0.298 e. The topological polar surface area (TPSA) is 63.2 Å². The molecule has 0 spiro atoms. The highest BCUT2D eigenvalue weighted by Gasteiger charge is 2.24. The van der Waals surface area contributed by atoms with Gasteiger partial charge in [-0.15, -0.1) is 0 Å². The molecule has 1 unspecified atom stereocenters. The third kappa shape index (κ3) is 5.28. The number of hydrogen-bond acceptors (Lipinski definition) is 3. The largest absolute Gasteiger partial charge is 0.298 e. The van der Waals surface area contributed by atoms with E-state index in [0.29, 0.717) is 6.42 Å². The summed E-state index contributed by atoms with van der Waals surface area (Å²) in [5.74, 6) is 0.154. The van der Waals surface area contributed by atoms with Gasteiger partial charge in [-0.25, -0.2) is 13.1 Å². The van der Waals surface area contributed by atoms with Gasteiger partial charge in [-0.2, -0.15) is 0 Å². The summed E-state index contributed by atoms with van der Waals surface area (Å²) in [6.07, 6.45) is 0.543. The number of Topliss-reactive ketones (excluding diaryl/α,β-unsaturated/α-hetero) is 1. The molecule has 0 fully saturated rings. The second-order valence-electron chi connectivity index (χ2n) is 4.50. The highest BCUT2D eigenvalue weighted by atomic mass is 32.2. The van der Waals surface area contributed by atoms with Crippen LogP contribution >= 0.6 is 0 Å². The van der Waals surface area contributed by atoms with Gasteiger partial charge in [0, 0.05) is 0 Å². The number of nitrogens with one attached hydrogen (secondary N) is 1. The predicted octanol–water partition coefficient (Wildman–Crippen LogP) is 1.32. The fraction of sp³-hybridized carbons (Fsp3) is 0.900. The molecule has 0 saturated carbocycles. The molecular formula is C10H21NO3S. The normalized spacial score (nSPS) is 14.6. The van der Waals surface area contributed by atoms with Gasteiger partial charge in [0.25, 0.3) is 0 Å². The maximum Gasteiger partial charge on any atom is 0.214 e. The van der Waals surface area contributed by atoms with Crippen molar-refractivity contribution in [2.75, 3.05) is 0 Å². The molecule has 0 aliphatic rings. The maximum atomic E-state index is 11.6. The lowest BCUT2D eigenvalue weighted by Crippen LogP contribution is -2.43. The van der Waals surface area contributed by atoms with Crippen LogP contribution in [0.15, 0.2) is 0 Å². The summed E-state index contributed by atoms with van der Waals surface area (Å²) in [5.41, 5.74) is 0. The molecule has 0 saturated heterocycles. The van der Waals surface area contributed by atoms with Crippen molar-refractivity contribution < 1.29 is 13.2 Å². The van der Waals surface area contributed by atoms with Gasteiger partial charge in [0.1, 0.15) is 5.78 Å². The number of sulfonamides is 1. The van der Waals surface area contributed by atoms with Crippen LogP contribution in [-0.4, -0.2) is 25.5 Å². The quantitative estimate of drug-likeness (QED) is 0.755. The van der Waals surface area contributed by atoms with E-state index in [1.54, 1.807) is 13.8 Å². The average molecular weight is 235 g/mol. The van der Waals surface area contributed by atoms with Crippen LogP contribution in [0.4, 0.5) is 0 Å². The number of carbonyl (C=O) groups excluding carboxylic acids is 1. The van der Waals surface area contributed by atoms with Gasteiger partial charge >= 0.3 is 0 Å². The molecule has 5 heteroatoms. The first-order valence-corrected chi connectivity index (χ1v) is 6.73. The Kier molecular flexibility index (Phi) is 5.45. The fourth-order valence-electron chi connectivity index (χ4n) is 1.10. The zero-order chi connectivity index (χ0) is 12.2. The zero-order valence-corrected chi connectivity index (χ0v) is 10.9. The van der Waals surface area contributed by atoms with Crippen molar-refractivity contribution in [3.05, 3.63) is 0 Å². The van der Waals surface area contributed by atoms with E-state index >= 15 is 0 Å². The van der Waals surface area contributed by atoms with Crippen LogP contribution in [0, 0.1) is 5.92 Å². The Labute approximate surface area is 92.5 Å². The van der Waals surface area contributed by atoms with Crippen LogP contribution in [0.5, 0.6) is 0 Å². The fourth-order valence-corrected chi connectivity index (χ4v) is 2.03. The molecule has 0 radical (unpaired) electrons. The van der Waals surface area contributed by atoms with E-state index in [1.807, 2.05) is 13.8 Å². The number of rotatable bonds is 6. The first-order valence-electron chi connectivity index (χ1n) is 5.18. The Balaban J connectivity index is 4.63. The highest BCUT2D eigenvalue weighted by molar-refractivity contribution is 7.90. The molecule has 0 aliphatic carbocycles. The molecule has 0 aromatic carbocycles. The van der Waals surface area contributed by atoms with E-state index in [0.717, 1.165) is 0 Å². The third-order valence-electron chi connectivity index (χ3n) is 2.12. The second-order valence-corrected chi connectivity index (χ2v) is 6.77. The van der Waals surface area contributed by atoms with Gasteiger partial charge in [-0.3, -0.25) is 4.79 Å². The minimum absolute atomic E-state index is 0.132. The Bertz CT molecular complexity index is 307. The van der Waals surface area contributed by atoms with E-state index < -0.39 is 21.3 Å². The third-order valence-corrected chi connectivity index (χ3v) is 3.98. The number of carbonyl (C=O) groups is 1.